The summed E-state index contributed by atoms with van der Waals surface area (Å²) < 4.78 is 0. The smallest absolute Gasteiger partial charge is 1.00 e. The first-order chi connectivity index (χ1) is 8.27. The Bertz CT molecular complexity index is 662. The fraction of sp³-hybridized carbons (Fsp3) is 0. The van der Waals surface area contributed by atoms with E-state index < -0.39 is 7.12 Å². The number of hydrogen-bond donors (Lipinski definition) is 2. The van der Waals surface area contributed by atoms with Crippen LogP contribution in [-0.4, -0.2) is 63.3 Å². The van der Waals surface area contributed by atoms with Crippen molar-refractivity contribution in [2.75, 3.05) is 0 Å². The van der Waals surface area contributed by atoms with Crippen molar-refractivity contribution >= 4 is 80.2 Å². The van der Waals surface area contributed by atoms with Crippen molar-refractivity contribution in [3.8, 4) is 0 Å². The van der Waals surface area contributed by atoms with Crippen LogP contribution < -0.4 is 55.1 Å². The maximum absolute atomic E-state index is 9.58. The van der Waals surface area contributed by atoms with Crippen LogP contribution in [0.3, 0.4) is 0 Å². The molecule has 0 spiro atoms. The molecule has 0 radical (unpaired) electrons. The molecule has 0 saturated heterocycles. The van der Waals surface area contributed by atoms with E-state index in [1.165, 1.54) is 0 Å². The molecule has 0 aromatic heterocycles. The van der Waals surface area contributed by atoms with Gasteiger partial charge in [0.15, 0.2) is 0 Å². The van der Waals surface area contributed by atoms with Gasteiger partial charge in [-0.2, -0.15) is 0 Å². The Kier molecular flexibility index (Phi) is 19.3. The van der Waals surface area contributed by atoms with E-state index in [-0.39, 0.29) is 95.7 Å². The maximum Gasteiger partial charge on any atom is 2.00 e. The summed E-state index contributed by atoms with van der Waals surface area (Å²) in [5.74, 6) is 0. The summed E-state index contributed by atoms with van der Waals surface area (Å²) in [6.07, 6.45) is 0. The van der Waals surface area contributed by atoms with Gasteiger partial charge in [0.1, 0.15) is 0 Å². The van der Waals surface area contributed by atoms with E-state index >= 15 is 0 Å². The summed E-state index contributed by atoms with van der Waals surface area (Å²) in [7, 11) is -1.45. The van der Waals surface area contributed by atoms with Crippen LogP contribution in [0.1, 0.15) is 0 Å². The van der Waals surface area contributed by atoms with Gasteiger partial charge in [-0.05, 0) is 33.1 Å². The first-order valence-corrected chi connectivity index (χ1v) is 5.54. The number of rotatable bonds is 1. The van der Waals surface area contributed by atoms with E-state index in [2.05, 4.69) is 6.07 Å². The summed E-state index contributed by atoms with van der Waals surface area (Å²) in [6, 6.07) is 17.6. The monoisotopic (exact) mass is 410 g/mol. The van der Waals surface area contributed by atoms with E-state index in [9.17, 15) is 10.0 Å². The van der Waals surface area contributed by atoms with Gasteiger partial charge in [0.2, 0.25) is 0 Å². The quantitative estimate of drug-likeness (QED) is 0.308. The zero-order chi connectivity index (χ0) is 11.8. The average molecular weight is 412 g/mol. The molecule has 2 nitrogen and oxygen atoms in total. The van der Waals surface area contributed by atoms with Crippen molar-refractivity contribution in [3.05, 3.63) is 54.6 Å². The second-order valence-electron chi connectivity index (χ2n) is 4.11. The molecule has 23 heavy (non-hydrogen) atoms. The Hall–Kier alpha value is 0.857. The number of hydrogen-bond acceptors (Lipinski definition) is 2. The van der Waals surface area contributed by atoms with Crippen molar-refractivity contribution in [2.24, 2.45) is 0 Å². The van der Waals surface area contributed by atoms with Crippen LogP contribution in [-0.2, 0) is 0 Å². The molecule has 3 aromatic rings. The van der Waals surface area contributed by atoms with Crippen LogP contribution in [0.25, 0.3) is 21.5 Å². The Morgan fingerprint density at radius 2 is 0.957 bits per heavy atom. The molecule has 0 aliphatic heterocycles. The molecule has 9 heteroatoms. The summed E-state index contributed by atoms with van der Waals surface area (Å²) in [4.78, 5) is 0. The molecule has 0 atom stereocenters. The van der Waals surface area contributed by atoms with Gasteiger partial charge in [0.25, 0.3) is 0 Å². The second kappa shape index (κ2) is 14.1. The molecule has 0 amide bonds. The summed E-state index contributed by atoms with van der Waals surface area (Å²) in [5, 5.41) is 23.0. The number of halogens is 4. The molecule has 114 valence electrons. The van der Waals surface area contributed by atoms with Crippen molar-refractivity contribution in [2.45, 2.75) is 0 Å². The van der Waals surface area contributed by atoms with Gasteiger partial charge in [0, 0.05) is 0 Å². The van der Waals surface area contributed by atoms with Crippen molar-refractivity contribution in [1.82, 2.24) is 0 Å². The van der Waals surface area contributed by atoms with Gasteiger partial charge >= 0.3 is 53.2 Å². The molecule has 0 fully saturated rings. The minimum atomic E-state index is -1.45. The third-order valence-electron chi connectivity index (χ3n) is 3.07. The van der Waals surface area contributed by atoms with Crippen LogP contribution in [0.4, 0.5) is 0 Å². The molecule has 0 saturated carbocycles. The Labute approximate surface area is 192 Å². The van der Waals surface area contributed by atoms with Gasteiger partial charge in [-0.1, -0.05) is 48.5 Å². The van der Waals surface area contributed by atoms with E-state index in [1.807, 2.05) is 48.5 Å². The first-order valence-electron chi connectivity index (χ1n) is 5.54. The standard InChI is InChI=1S/C14H11BO2.4ClH.2Mg/c16-15(17)14-12-7-3-1-5-10(12)9-11-6-2-4-8-13(11)14;;;;;;/h1-9,16-17H;4*1H;;/q;;;;;2*+2/p-4. The molecule has 0 aliphatic carbocycles. The molecule has 0 aliphatic rings. The predicted octanol–water partition coefficient (Wildman–Crippen LogP) is -11.1. The van der Waals surface area contributed by atoms with Gasteiger partial charge in [-0.15, -0.1) is 0 Å². The Balaban J connectivity index is -0.000000301. The zero-order valence-electron chi connectivity index (χ0n) is 12.1. The van der Waals surface area contributed by atoms with Gasteiger partial charge in [-0.25, -0.2) is 0 Å². The molecular weight excluding hydrogens is 401 g/mol. The van der Waals surface area contributed by atoms with Crippen molar-refractivity contribution < 1.29 is 59.7 Å². The fourth-order valence-electron chi connectivity index (χ4n) is 2.33. The third-order valence-corrected chi connectivity index (χ3v) is 3.07. The molecule has 2 N–H and O–H groups in total. The van der Waals surface area contributed by atoms with Gasteiger partial charge in [0.05, 0.1) is 0 Å². The van der Waals surface area contributed by atoms with E-state index in [4.69, 9.17) is 0 Å². The zero-order valence-corrected chi connectivity index (χ0v) is 17.9. The molecular formula is C14H11BCl4Mg2O2. The van der Waals surface area contributed by atoms with Crippen LogP contribution in [0, 0.1) is 0 Å². The summed E-state index contributed by atoms with van der Waals surface area (Å²) in [6.45, 7) is 0. The first kappa shape index (κ1) is 31.6. The third kappa shape index (κ3) is 6.59. The van der Waals surface area contributed by atoms with Crippen LogP contribution in [0.15, 0.2) is 54.6 Å². The average Bonchev–Trinajstić information content (AvgIpc) is 2.35. The van der Waals surface area contributed by atoms with E-state index in [1.54, 1.807) is 0 Å². The normalized spacial score (nSPS) is 8.09. The van der Waals surface area contributed by atoms with Crippen molar-refractivity contribution in [1.29, 1.82) is 0 Å². The van der Waals surface area contributed by atoms with Crippen LogP contribution in [0.5, 0.6) is 0 Å². The fourth-order valence-corrected chi connectivity index (χ4v) is 2.33. The minimum Gasteiger partial charge on any atom is -1.00 e. The molecule has 0 bridgehead atoms. The van der Waals surface area contributed by atoms with Crippen LogP contribution in [0.2, 0.25) is 0 Å². The van der Waals surface area contributed by atoms with E-state index in [0.717, 1.165) is 21.5 Å². The Morgan fingerprint density at radius 1 is 0.609 bits per heavy atom. The minimum absolute atomic E-state index is 0. The largest absolute Gasteiger partial charge is 2.00 e. The van der Waals surface area contributed by atoms with Gasteiger partial charge in [-0.3, -0.25) is 0 Å². The van der Waals surface area contributed by atoms with E-state index in [0.29, 0.717) is 5.46 Å². The molecule has 0 unspecified atom stereocenters. The summed E-state index contributed by atoms with van der Waals surface area (Å²) in [5.41, 5.74) is 0.582. The SMILES string of the molecule is OB(O)c1c2ccccc2cc2ccccc12.[Cl-].[Cl-].[Cl-].[Cl-].[Mg+2].[Mg+2]. The van der Waals surface area contributed by atoms with Gasteiger partial charge < -0.3 is 59.7 Å². The predicted molar refractivity (Wildman–Crippen MR) is 82.8 cm³/mol. The molecule has 3 aromatic carbocycles. The van der Waals surface area contributed by atoms with Crippen LogP contribution >= 0.6 is 0 Å². The van der Waals surface area contributed by atoms with Crippen molar-refractivity contribution in [3.63, 3.8) is 0 Å². The Morgan fingerprint density at radius 3 is 1.30 bits per heavy atom. The second-order valence-corrected chi connectivity index (χ2v) is 4.11. The number of benzene rings is 3. The summed E-state index contributed by atoms with van der Waals surface area (Å²) >= 11 is 0. The topological polar surface area (TPSA) is 40.5 Å². The molecule has 3 rings (SSSR count). The molecule has 0 heterocycles. The maximum atomic E-state index is 9.58. The number of fused-ring (bicyclic) bond motifs is 2.